The number of rotatable bonds is 6. The summed E-state index contributed by atoms with van der Waals surface area (Å²) in [6.45, 7) is 2.90. The molecule has 9 heteroatoms. The summed E-state index contributed by atoms with van der Waals surface area (Å²) in [6, 6.07) is 7.66. The van der Waals surface area contributed by atoms with Gasteiger partial charge in [0.25, 0.3) is 0 Å². The molecule has 2 aromatic rings. The molecule has 1 N–H and O–H groups in total. The second-order valence-corrected chi connectivity index (χ2v) is 8.55. The van der Waals surface area contributed by atoms with Gasteiger partial charge >= 0.3 is 5.97 Å². The molecule has 0 bridgehead atoms. The number of ether oxygens (including phenoxy) is 3. The van der Waals surface area contributed by atoms with Crippen LogP contribution in [0.15, 0.2) is 35.2 Å². The minimum atomic E-state index is -3.88. The predicted octanol–water partition coefficient (Wildman–Crippen LogP) is 2.40. The van der Waals surface area contributed by atoms with E-state index in [1.54, 1.807) is 12.1 Å². The van der Waals surface area contributed by atoms with Crippen molar-refractivity contribution in [3.8, 4) is 22.6 Å². The van der Waals surface area contributed by atoms with E-state index in [2.05, 4.69) is 0 Å². The number of hydrogen-bond acceptors (Lipinski definition) is 6. The van der Waals surface area contributed by atoms with Crippen molar-refractivity contribution >= 4 is 16.0 Å². The molecule has 0 atom stereocenters. The molecule has 1 aliphatic heterocycles. The fourth-order valence-corrected chi connectivity index (χ4v) is 4.76. The highest BCUT2D eigenvalue weighted by Crippen LogP contribution is 2.40. The topological polar surface area (TPSA) is 102 Å². The average molecular weight is 421 g/mol. The Kier molecular flexibility index (Phi) is 6.11. The van der Waals surface area contributed by atoms with E-state index in [9.17, 15) is 18.3 Å². The van der Waals surface area contributed by atoms with Crippen molar-refractivity contribution in [1.29, 1.82) is 0 Å². The Hall–Kier alpha value is -2.62. The first-order valence-electron chi connectivity index (χ1n) is 8.97. The summed E-state index contributed by atoms with van der Waals surface area (Å²) >= 11 is 0. The second-order valence-electron chi connectivity index (χ2n) is 6.62. The summed E-state index contributed by atoms with van der Waals surface area (Å²) in [5, 5.41) is 9.55. The highest BCUT2D eigenvalue weighted by atomic mass is 32.2. The number of sulfonamides is 1. The largest absolute Gasteiger partial charge is 0.493 e. The molecule has 1 heterocycles. The Bertz CT molecular complexity index is 1030. The highest BCUT2D eigenvalue weighted by Gasteiger charge is 2.28. The number of nitrogens with zero attached hydrogens (tertiary/aromatic N) is 1. The lowest BCUT2D eigenvalue weighted by molar-refractivity contribution is 0.0696. The maximum atomic E-state index is 13.1. The molecular formula is C20H23NO7S. The molecule has 0 radical (unpaired) electrons. The lowest BCUT2D eigenvalue weighted by Gasteiger charge is -2.26. The van der Waals surface area contributed by atoms with Crippen LogP contribution in [0.5, 0.6) is 11.5 Å². The summed E-state index contributed by atoms with van der Waals surface area (Å²) in [6.07, 6.45) is 0. The Labute approximate surface area is 169 Å². The number of aromatic carboxylic acids is 1. The van der Waals surface area contributed by atoms with Crippen LogP contribution in [0.2, 0.25) is 0 Å². The van der Waals surface area contributed by atoms with Crippen LogP contribution in [-0.2, 0) is 14.8 Å². The average Bonchev–Trinajstić information content (AvgIpc) is 2.73. The molecule has 1 saturated heterocycles. The Morgan fingerprint density at radius 2 is 1.76 bits per heavy atom. The molecule has 0 aliphatic carbocycles. The standard InChI is InChI=1S/C20H23NO7S/c1-13-8-17(19(27-3)18(9-13)26-2)14-10-15(20(22)23)12-16(11-14)29(24,25)21-4-6-28-7-5-21/h8-12H,4-7H2,1-3H3,(H,22,23). The lowest BCUT2D eigenvalue weighted by atomic mass is 9.99. The number of morpholine rings is 1. The van der Waals surface area contributed by atoms with E-state index in [-0.39, 0.29) is 23.5 Å². The second kappa shape index (κ2) is 8.40. The van der Waals surface area contributed by atoms with Gasteiger partial charge in [-0.05, 0) is 48.4 Å². The number of carboxylic acids is 1. The van der Waals surface area contributed by atoms with Gasteiger partial charge in [-0.25, -0.2) is 13.2 Å². The first kappa shape index (κ1) is 21.1. The zero-order valence-electron chi connectivity index (χ0n) is 16.5. The van der Waals surface area contributed by atoms with Crippen LogP contribution in [0.3, 0.4) is 0 Å². The van der Waals surface area contributed by atoms with Gasteiger partial charge < -0.3 is 19.3 Å². The van der Waals surface area contributed by atoms with Crippen molar-refractivity contribution in [2.45, 2.75) is 11.8 Å². The van der Waals surface area contributed by atoms with Crippen LogP contribution in [0.1, 0.15) is 15.9 Å². The molecule has 3 rings (SSSR count). The van der Waals surface area contributed by atoms with Crippen LogP contribution in [-0.4, -0.2) is 64.3 Å². The van der Waals surface area contributed by atoms with E-state index in [4.69, 9.17) is 14.2 Å². The molecular weight excluding hydrogens is 398 g/mol. The van der Waals surface area contributed by atoms with Gasteiger partial charge in [0.05, 0.1) is 37.9 Å². The number of aryl methyl sites for hydroxylation is 1. The van der Waals surface area contributed by atoms with Gasteiger partial charge in [-0.3, -0.25) is 0 Å². The van der Waals surface area contributed by atoms with Crippen molar-refractivity contribution in [2.75, 3.05) is 40.5 Å². The minimum absolute atomic E-state index is 0.0863. The first-order chi connectivity index (χ1) is 13.8. The molecule has 8 nitrogen and oxygen atoms in total. The van der Waals surface area contributed by atoms with Crippen molar-refractivity contribution < 1.29 is 32.5 Å². The number of hydrogen-bond donors (Lipinski definition) is 1. The molecule has 0 spiro atoms. The van der Waals surface area contributed by atoms with Crippen molar-refractivity contribution in [3.05, 3.63) is 41.5 Å². The monoisotopic (exact) mass is 421 g/mol. The minimum Gasteiger partial charge on any atom is -0.493 e. The third-order valence-electron chi connectivity index (χ3n) is 4.70. The van der Waals surface area contributed by atoms with Gasteiger partial charge in [0, 0.05) is 18.7 Å². The third kappa shape index (κ3) is 4.21. The zero-order chi connectivity index (χ0) is 21.2. The van der Waals surface area contributed by atoms with Crippen molar-refractivity contribution in [2.24, 2.45) is 0 Å². The van der Waals surface area contributed by atoms with E-state index < -0.39 is 16.0 Å². The van der Waals surface area contributed by atoms with Crippen LogP contribution < -0.4 is 9.47 Å². The fraction of sp³-hybridized carbons (Fsp3) is 0.350. The predicted molar refractivity (Wildman–Crippen MR) is 106 cm³/mol. The van der Waals surface area contributed by atoms with Crippen LogP contribution >= 0.6 is 0 Å². The number of benzene rings is 2. The van der Waals surface area contributed by atoms with Gasteiger partial charge in [0.1, 0.15) is 0 Å². The quantitative estimate of drug-likeness (QED) is 0.764. The Morgan fingerprint density at radius 1 is 1.07 bits per heavy atom. The van der Waals surface area contributed by atoms with Gasteiger partial charge in [-0.2, -0.15) is 4.31 Å². The molecule has 0 unspecified atom stereocenters. The van der Waals surface area contributed by atoms with Gasteiger partial charge in [0.15, 0.2) is 11.5 Å². The van der Waals surface area contributed by atoms with Gasteiger partial charge in [-0.15, -0.1) is 0 Å². The molecule has 0 amide bonds. The molecule has 1 fully saturated rings. The summed E-state index contributed by atoms with van der Waals surface area (Å²) < 4.78 is 43.6. The number of carboxylic acid groups (broad SMARTS) is 1. The normalized spacial score (nSPS) is 15.1. The summed E-state index contributed by atoms with van der Waals surface area (Å²) in [7, 11) is -0.898. The van der Waals surface area contributed by atoms with E-state index in [0.717, 1.165) is 5.56 Å². The number of carbonyl (C=O) groups is 1. The zero-order valence-corrected chi connectivity index (χ0v) is 17.3. The first-order valence-corrected chi connectivity index (χ1v) is 10.4. The molecule has 0 saturated carbocycles. The van der Waals surface area contributed by atoms with E-state index in [1.807, 2.05) is 6.92 Å². The van der Waals surface area contributed by atoms with E-state index in [1.165, 1.54) is 36.7 Å². The lowest BCUT2D eigenvalue weighted by Crippen LogP contribution is -2.40. The Balaban J connectivity index is 2.22. The van der Waals surface area contributed by atoms with Crippen molar-refractivity contribution in [3.63, 3.8) is 0 Å². The molecule has 29 heavy (non-hydrogen) atoms. The van der Waals surface area contributed by atoms with Crippen LogP contribution in [0.4, 0.5) is 0 Å². The van der Waals surface area contributed by atoms with Crippen LogP contribution in [0.25, 0.3) is 11.1 Å². The SMILES string of the molecule is COc1cc(C)cc(-c2cc(C(=O)O)cc(S(=O)(=O)N3CCOCC3)c2)c1OC. The van der Waals surface area contributed by atoms with E-state index in [0.29, 0.717) is 35.8 Å². The molecule has 1 aliphatic rings. The maximum absolute atomic E-state index is 13.1. The maximum Gasteiger partial charge on any atom is 0.335 e. The smallest absolute Gasteiger partial charge is 0.335 e. The molecule has 0 aromatic heterocycles. The fourth-order valence-electron chi connectivity index (χ4n) is 3.28. The number of methoxy groups -OCH3 is 2. The third-order valence-corrected chi connectivity index (χ3v) is 6.57. The summed E-state index contributed by atoms with van der Waals surface area (Å²) in [5.74, 6) is -0.347. The van der Waals surface area contributed by atoms with Crippen molar-refractivity contribution in [1.82, 2.24) is 4.31 Å². The Morgan fingerprint density at radius 3 is 2.34 bits per heavy atom. The molecule has 156 valence electrons. The summed E-state index contributed by atoms with van der Waals surface area (Å²) in [5.41, 5.74) is 1.69. The van der Waals surface area contributed by atoms with Gasteiger partial charge in [-0.1, -0.05) is 0 Å². The molecule has 2 aromatic carbocycles. The van der Waals surface area contributed by atoms with Gasteiger partial charge in [0.2, 0.25) is 10.0 Å². The van der Waals surface area contributed by atoms with E-state index >= 15 is 0 Å². The van der Waals surface area contributed by atoms with Crippen LogP contribution in [0, 0.1) is 6.92 Å². The summed E-state index contributed by atoms with van der Waals surface area (Å²) in [4.78, 5) is 11.6. The highest BCUT2D eigenvalue weighted by molar-refractivity contribution is 7.89.